The highest BCUT2D eigenvalue weighted by Crippen LogP contribution is 1.88. The highest BCUT2D eigenvalue weighted by Gasteiger charge is 2.03. The summed E-state index contributed by atoms with van der Waals surface area (Å²) < 4.78 is 4.48. The zero-order chi connectivity index (χ0) is 7.98. The van der Waals surface area contributed by atoms with Crippen LogP contribution in [0.1, 0.15) is 6.42 Å². The van der Waals surface area contributed by atoms with E-state index in [2.05, 4.69) is 11.3 Å². The topological polar surface area (TPSA) is 72.5 Å². The number of carbonyl (C=O) groups excluding carboxylic acids is 1. The zero-order valence-electron chi connectivity index (χ0n) is 5.67. The van der Waals surface area contributed by atoms with Gasteiger partial charge < -0.3 is 15.6 Å². The van der Waals surface area contributed by atoms with E-state index in [0.29, 0.717) is 13.0 Å². The summed E-state index contributed by atoms with van der Waals surface area (Å²) in [4.78, 5) is 10.4. The first kappa shape index (κ1) is 8.97. The first-order valence-corrected chi connectivity index (χ1v) is 2.93. The third kappa shape index (κ3) is 3.91. The van der Waals surface area contributed by atoms with E-state index in [4.69, 9.17) is 10.8 Å². The molecule has 4 heteroatoms. The average molecular weight is 145 g/mol. The fraction of sp³-hybridized carbons (Fsp3) is 0.500. The monoisotopic (exact) mass is 145 g/mol. The lowest BCUT2D eigenvalue weighted by molar-refractivity contribution is -0.142. The largest absolute Gasteiger partial charge is 0.502 e. The Hall–Kier alpha value is -1.03. The third-order valence-electron chi connectivity index (χ3n) is 0.817. The van der Waals surface area contributed by atoms with Gasteiger partial charge in [-0.1, -0.05) is 0 Å². The minimum Gasteiger partial charge on any atom is -0.502 e. The maximum atomic E-state index is 10.4. The summed E-state index contributed by atoms with van der Waals surface area (Å²) in [6.07, 6.45) is 0.596. The van der Waals surface area contributed by atoms with Crippen LogP contribution in [-0.4, -0.2) is 24.2 Å². The van der Waals surface area contributed by atoms with E-state index in [9.17, 15) is 4.79 Å². The van der Waals surface area contributed by atoms with E-state index in [-0.39, 0.29) is 6.61 Å². The van der Waals surface area contributed by atoms with Crippen LogP contribution in [0.4, 0.5) is 0 Å². The SMILES string of the molecule is C=C(O)C(=O)OCCCN. The molecule has 0 aromatic carbocycles. The van der Waals surface area contributed by atoms with E-state index < -0.39 is 11.7 Å². The average Bonchev–Trinajstić information content (AvgIpc) is 1.88. The van der Waals surface area contributed by atoms with Crippen LogP contribution in [0.15, 0.2) is 12.3 Å². The number of aliphatic hydroxyl groups is 1. The van der Waals surface area contributed by atoms with Gasteiger partial charge in [-0.25, -0.2) is 4.79 Å². The zero-order valence-corrected chi connectivity index (χ0v) is 5.67. The minimum atomic E-state index is -0.784. The lowest BCUT2D eigenvalue weighted by atomic mass is 10.5. The first-order chi connectivity index (χ1) is 4.68. The second kappa shape index (κ2) is 4.81. The second-order valence-electron chi connectivity index (χ2n) is 1.72. The van der Waals surface area contributed by atoms with Gasteiger partial charge in [-0.3, -0.25) is 0 Å². The number of esters is 1. The first-order valence-electron chi connectivity index (χ1n) is 2.93. The van der Waals surface area contributed by atoms with Gasteiger partial charge in [0.2, 0.25) is 0 Å². The van der Waals surface area contributed by atoms with Crippen molar-refractivity contribution >= 4 is 5.97 Å². The fourth-order valence-corrected chi connectivity index (χ4v) is 0.332. The molecule has 0 aliphatic carbocycles. The van der Waals surface area contributed by atoms with Gasteiger partial charge >= 0.3 is 5.97 Å². The third-order valence-corrected chi connectivity index (χ3v) is 0.817. The van der Waals surface area contributed by atoms with Crippen molar-refractivity contribution in [1.82, 2.24) is 0 Å². The van der Waals surface area contributed by atoms with Crippen LogP contribution in [0.3, 0.4) is 0 Å². The van der Waals surface area contributed by atoms with Crippen molar-refractivity contribution < 1.29 is 14.6 Å². The number of nitrogens with two attached hydrogens (primary N) is 1. The Kier molecular flexibility index (Phi) is 4.32. The van der Waals surface area contributed by atoms with Crippen molar-refractivity contribution in [3.05, 3.63) is 12.3 Å². The molecule has 0 aromatic rings. The molecule has 0 atom stereocenters. The van der Waals surface area contributed by atoms with Crippen molar-refractivity contribution in [2.24, 2.45) is 5.73 Å². The molecule has 10 heavy (non-hydrogen) atoms. The fourth-order valence-electron chi connectivity index (χ4n) is 0.332. The van der Waals surface area contributed by atoms with E-state index in [1.54, 1.807) is 0 Å². The van der Waals surface area contributed by atoms with Crippen LogP contribution in [0.5, 0.6) is 0 Å². The van der Waals surface area contributed by atoms with Crippen molar-refractivity contribution in [2.45, 2.75) is 6.42 Å². The van der Waals surface area contributed by atoms with E-state index in [1.807, 2.05) is 0 Å². The van der Waals surface area contributed by atoms with Crippen LogP contribution in [0, 0.1) is 0 Å². The van der Waals surface area contributed by atoms with E-state index in [1.165, 1.54) is 0 Å². The van der Waals surface area contributed by atoms with Crippen LogP contribution < -0.4 is 5.73 Å². The minimum absolute atomic E-state index is 0.231. The Morgan fingerprint density at radius 3 is 2.70 bits per heavy atom. The van der Waals surface area contributed by atoms with Crippen molar-refractivity contribution in [3.63, 3.8) is 0 Å². The summed E-state index contributed by atoms with van der Waals surface area (Å²) in [5.41, 5.74) is 5.11. The Morgan fingerprint density at radius 2 is 2.30 bits per heavy atom. The lowest BCUT2D eigenvalue weighted by Gasteiger charge is -2.00. The molecule has 0 saturated carbocycles. The Balaban J connectivity index is 3.31. The molecular weight excluding hydrogens is 134 g/mol. The molecule has 3 N–H and O–H groups in total. The van der Waals surface area contributed by atoms with Gasteiger partial charge in [0.1, 0.15) is 0 Å². The van der Waals surface area contributed by atoms with Gasteiger partial charge in [-0.05, 0) is 19.5 Å². The van der Waals surface area contributed by atoms with Crippen molar-refractivity contribution in [2.75, 3.05) is 13.2 Å². The molecule has 0 rings (SSSR count). The molecule has 0 heterocycles. The van der Waals surface area contributed by atoms with Gasteiger partial charge in [-0.15, -0.1) is 0 Å². The summed E-state index contributed by atoms with van der Waals surface area (Å²) in [6.45, 7) is 3.68. The number of rotatable bonds is 4. The normalized spacial score (nSPS) is 8.90. The molecule has 58 valence electrons. The molecule has 0 amide bonds. The van der Waals surface area contributed by atoms with E-state index >= 15 is 0 Å². The van der Waals surface area contributed by atoms with Gasteiger partial charge in [0.15, 0.2) is 5.76 Å². The molecule has 0 saturated heterocycles. The number of ether oxygens (including phenoxy) is 1. The molecule has 0 aromatic heterocycles. The molecule has 0 unspecified atom stereocenters. The predicted molar refractivity (Wildman–Crippen MR) is 36.4 cm³/mol. The Labute approximate surface area is 59.3 Å². The second-order valence-corrected chi connectivity index (χ2v) is 1.72. The number of hydrogen-bond acceptors (Lipinski definition) is 4. The van der Waals surface area contributed by atoms with Crippen LogP contribution in [-0.2, 0) is 9.53 Å². The standard InChI is InChI=1S/C6H11NO3/c1-5(8)6(9)10-4-2-3-7/h8H,1-4,7H2. The number of carbonyl (C=O) groups is 1. The molecule has 0 spiro atoms. The number of aliphatic hydroxyl groups excluding tert-OH is 1. The lowest BCUT2D eigenvalue weighted by Crippen LogP contribution is -2.10. The molecule has 0 fully saturated rings. The van der Waals surface area contributed by atoms with Crippen LogP contribution >= 0.6 is 0 Å². The molecule has 0 radical (unpaired) electrons. The van der Waals surface area contributed by atoms with E-state index in [0.717, 1.165) is 0 Å². The summed E-state index contributed by atoms with van der Waals surface area (Å²) in [5.74, 6) is -1.36. The Bertz CT molecular complexity index is 133. The highest BCUT2D eigenvalue weighted by molar-refractivity contribution is 5.84. The van der Waals surface area contributed by atoms with Gasteiger partial charge in [-0.2, -0.15) is 0 Å². The smallest absolute Gasteiger partial charge is 0.372 e. The maximum Gasteiger partial charge on any atom is 0.372 e. The molecule has 0 aliphatic rings. The van der Waals surface area contributed by atoms with Crippen LogP contribution in [0.25, 0.3) is 0 Å². The molecule has 0 bridgehead atoms. The van der Waals surface area contributed by atoms with Crippen molar-refractivity contribution in [1.29, 1.82) is 0 Å². The van der Waals surface area contributed by atoms with Gasteiger partial charge in [0.05, 0.1) is 6.61 Å². The summed E-state index contributed by atoms with van der Waals surface area (Å²) in [5, 5.41) is 8.42. The quantitative estimate of drug-likeness (QED) is 0.252. The van der Waals surface area contributed by atoms with Crippen LogP contribution in [0.2, 0.25) is 0 Å². The predicted octanol–water partition coefficient (Wildman–Crippen LogP) is -0.0499. The van der Waals surface area contributed by atoms with Gasteiger partial charge in [0.25, 0.3) is 0 Å². The summed E-state index contributed by atoms with van der Waals surface area (Å²) >= 11 is 0. The van der Waals surface area contributed by atoms with Gasteiger partial charge in [0, 0.05) is 0 Å². The molecule has 0 aliphatic heterocycles. The molecule has 4 nitrogen and oxygen atoms in total. The summed E-state index contributed by atoms with van der Waals surface area (Å²) in [7, 11) is 0. The van der Waals surface area contributed by atoms with Crippen molar-refractivity contribution in [3.8, 4) is 0 Å². The Morgan fingerprint density at radius 1 is 1.70 bits per heavy atom. The maximum absolute atomic E-state index is 10.4. The summed E-state index contributed by atoms with van der Waals surface area (Å²) in [6, 6.07) is 0. The number of hydrogen-bond donors (Lipinski definition) is 2. The highest BCUT2D eigenvalue weighted by atomic mass is 16.5. The molecular formula is C6H11NO3.